The second-order valence-electron chi connectivity index (χ2n) is 9.49. The fourth-order valence-electron chi connectivity index (χ4n) is 5.67. The molecule has 3 rings (SSSR count). The number of benzene rings is 2. The summed E-state index contributed by atoms with van der Waals surface area (Å²) in [5, 5.41) is 0. The van der Waals surface area contributed by atoms with Crippen molar-refractivity contribution in [3.05, 3.63) is 99.8 Å². The summed E-state index contributed by atoms with van der Waals surface area (Å²) >= 11 is 0. The monoisotopic (exact) mass is 620 g/mol. The van der Waals surface area contributed by atoms with Gasteiger partial charge < -0.3 is 19.4 Å². The minimum atomic E-state index is 0. The molecule has 0 amide bonds. The number of allylic oxidation sites excluding steroid dienone is 2. The number of unbranched alkanes of at least 4 members (excludes halogenated alkanes) is 1. The molecule has 0 bridgehead atoms. The Hall–Kier alpha value is -1.82. The molecule has 2 aromatic rings. The van der Waals surface area contributed by atoms with Crippen molar-refractivity contribution < 1.29 is 25.1 Å². The minimum Gasteiger partial charge on any atom is -0.493 e. The predicted molar refractivity (Wildman–Crippen MR) is 169 cm³/mol. The van der Waals surface area contributed by atoms with E-state index in [-0.39, 0.29) is 20.4 Å². The number of rotatable bonds is 11. The largest absolute Gasteiger partial charge is 2.00 e. The molecule has 2 nitrogen and oxygen atoms in total. The predicted octanol–water partition coefficient (Wildman–Crippen LogP) is 10.7. The molecule has 39 heavy (non-hydrogen) atoms. The Labute approximate surface area is 255 Å². The Bertz CT molecular complexity index is 1070. The van der Waals surface area contributed by atoms with Crippen molar-refractivity contribution in [3.8, 4) is 0 Å². The number of hydrogen-bond acceptors (Lipinski definition) is 0. The van der Waals surface area contributed by atoms with Crippen LogP contribution >= 0.6 is 0 Å². The molecule has 1 heterocycles. The SMILES string of the molecule is CCCCC1=C(c2cc(CC)c(CC)c(CC)c2)[N+](=[N-])C(c2cc(CC)c(CC)c(CC)c2)=C1.[CH2-]C.[CH2-]C.[Pd+2]. The van der Waals surface area contributed by atoms with Crippen molar-refractivity contribution in [2.45, 2.75) is 120 Å². The van der Waals surface area contributed by atoms with E-state index in [1.807, 2.05) is 0 Å². The Balaban J connectivity index is 0.00000276. The number of hydrogen-bond donors (Lipinski definition) is 0. The Morgan fingerprint density at radius 3 is 1.33 bits per heavy atom. The molecule has 0 aliphatic carbocycles. The quantitative estimate of drug-likeness (QED) is 0.136. The van der Waals surface area contributed by atoms with Crippen LogP contribution in [0, 0.1) is 13.8 Å². The maximum atomic E-state index is 11.6. The zero-order valence-corrected chi connectivity index (χ0v) is 27.9. The van der Waals surface area contributed by atoms with E-state index < -0.39 is 0 Å². The van der Waals surface area contributed by atoms with Gasteiger partial charge in [-0.3, -0.25) is 0 Å². The Morgan fingerprint density at radius 2 is 1.00 bits per heavy atom. The Kier molecular flexibility index (Phi) is 18.4. The van der Waals surface area contributed by atoms with Crippen molar-refractivity contribution in [1.82, 2.24) is 0 Å². The summed E-state index contributed by atoms with van der Waals surface area (Å²) in [5.41, 5.74) is 25.7. The van der Waals surface area contributed by atoms with E-state index in [2.05, 4.69) is 92.7 Å². The first-order chi connectivity index (χ1) is 18.5. The average Bonchev–Trinajstić information content (AvgIpc) is 3.31. The van der Waals surface area contributed by atoms with Crippen LogP contribution in [0.1, 0.15) is 126 Å². The van der Waals surface area contributed by atoms with E-state index in [9.17, 15) is 5.53 Å². The van der Waals surface area contributed by atoms with Crippen molar-refractivity contribution in [2.75, 3.05) is 0 Å². The van der Waals surface area contributed by atoms with Gasteiger partial charge >= 0.3 is 20.4 Å². The van der Waals surface area contributed by atoms with Crippen LogP contribution in [0.3, 0.4) is 0 Å². The van der Waals surface area contributed by atoms with E-state index in [0.717, 1.165) is 80.3 Å². The maximum absolute atomic E-state index is 11.6. The van der Waals surface area contributed by atoms with Crippen LogP contribution in [0.15, 0.2) is 35.9 Å². The van der Waals surface area contributed by atoms with Gasteiger partial charge in [0.1, 0.15) is 0 Å². The van der Waals surface area contributed by atoms with Crippen LogP contribution in [-0.4, -0.2) is 4.70 Å². The molecular weight excluding hydrogens is 567 g/mol. The topological polar surface area (TPSA) is 25.3 Å². The molecule has 0 saturated heterocycles. The first-order valence-electron chi connectivity index (χ1n) is 15.1. The fourth-order valence-corrected chi connectivity index (χ4v) is 5.67. The van der Waals surface area contributed by atoms with Crippen molar-refractivity contribution in [1.29, 1.82) is 0 Å². The van der Waals surface area contributed by atoms with Gasteiger partial charge in [0, 0.05) is 22.8 Å². The van der Waals surface area contributed by atoms with Crippen LogP contribution in [0.2, 0.25) is 0 Å². The Morgan fingerprint density at radius 1 is 0.615 bits per heavy atom. The average molecular weight is 621 g/mol. The fraction of sp³-hybridized carbons (Fsp3) is 0.500. The standard InChI is InChI=1S/C32H44N2.2C2H5.Pd/c1-8-15-16-26-21-31(27-17-22(9-2)29(13-6)23(10-3)18-27)34(33)32(26)28-19-24(11-4)30(14-7)25(12-5)20-28;2*1-2;/h17-21H,8-16H2,1-7H3;2*1H2,2H3;/q;2*-1;+2. The molecule has 0 aromatic heterocycles. The molecule has 218 valence electrons. The normalized spacial score (nSPS) is 12.3. The van der Waals surface area contributed by atoms with E-state index in [1.165, 1.54) is 43.7 Å². The summed E-state index contributed by atoms with van der Waals surface area (Å²) < 4.78 is 1.49. The van der Waals surface area contributed by atoms with E-state index >= 15 is 0 Å². The molecule has 1 aliphatic rings. The van der Waals surface area contributed by atoms with Gasteiger partial charge in [-0.05, 0) is 109 Å². The molecule has 0 radical (unpaired) electrons. The van der Waals surface area contributed by atoms with Gasteiger partial charge in [0.15, 0.2) is 0 Å². The molecule has 1 aliphatic heterocycles. The summed E-state index contributed by atoms with van der Waals surface area (Å²) in [6, 6.07) is 9.27. The van der Waals surface area contributed by atoms with Gasteiger partial charge in [0.2, 0.25) is 11.4 Å². The third-order valence-electron chi connectivity index (χ3n) is 7.52. The second kappa shape index (κ2) is 19.3. The van der Waals surface area contributed by atoms with Gasteiger partial charge in [-0.1, -0.05) is 54.9 Å². The smallest absolute Gasteiger partial charge is 0.493 e. The molecular formula is C36H54N2Pd. The summed E-state index contributed by atoms with van der Waals surface area (Å²) in [7, 11) is 0. The first kappa shape index (κ1) is 37.2. The summed E-state index contributed by atoms with van der Waals surface area (Å²) in [4.78, 5) is 0. The summed E-state index contributed by atoms with van der Waals surface area (Å²) in [5.74, 6) is 0. The molecule has 3 heteroatoms. The van der Waals surface area contributed by atoms with Gasteiger partial charge in [-0.25, -0.2) is 4.70 Å². The number of nitrogens with zero attached hydrogens (tertiary/aromatic N) is 2. The third kappa shape index (κ3) is 8.58. The van der Waals surface area contributed by atoms with Crippen LogP contribution in [-0.2, 0) is 58.9 Å². The molecule has 2 aromatic carbocycles. The molecule has 0 unspecified atom stereocenters. The number of aryl methyl sites for hydroxylation is 4. The van der Waals surface area contributed by atoms with Gasteiger partial charge in [0.25, 0.3) is 0 Å². The van der Waals surface area contributed by atoms with Gasteiger partial charge in [-0.15, -0.1) is 0 Å². The molecule has 0 N–H and O–H groups in total. The van der Waals surface area contributed by atoms with Crippen molar-refractivity contribution in [3.63, 3.8) is 0 Å². The molecule has 0 atom stereocenters. The summed E-state index contributed by atoms with van der Waals surface area (Å²) in [6.07, 6.45) is 11.7. The molecule has 0 saturated carbocycles. The van der Waals surface area contributed by atoms with Crippen LogP contribution in [0.5, 0.6) is 0 Å². The molecule has 0 fully saturated rings. The zero-order chi connectivity index (χ0) is 28.8. The van der Waals surface area contributed by atoms with Crippen LogP contribution in [0.4, 0.5) is 0 Å². The minimum absolute atomic E-state index is 0. The zero-order valence-electron chi connectivity index (χ0n) is 26.4. The van der Waals surface area contributed by atoms with Gasteiger partial charge in [-0.2, -0.15) is 13.8 Å². The van der Waals surface area contributed by atoms with Crippen LogP contribution in [0.25, 0.3) is 16.9 Å². The van der Waals surface area contributed by atoms with Crippen molar-refractivity contribution >= 4 is 11.4 Å². The summed E-state index contributed by atoms with van der Waals surface area (Å²) in [6.45, 7) is 25.7. The second-order valence-corrected chi connectivity index (χ2v) is 9.49. The van der Waals surface area contributed by atoms with E-state index in [4.69, 9.17) is 0 Å². The van der Waals surface area contributed by atoms with Crippen LogP contribution < -0.4 is 0 Å². The van der Waals surface area contributed by atoms with E-state index in [0.29, 0.717) is 0 Å². The first-order valence-corrected chi connectivity index (χ1v) is 15.1. The van der Waals surface area contributed by atoms with Gasteiger partial charge in [0.05, 0.1) is 0 Å². The molecule has 0 spiro atoms. The maximum Gasteiger partial charge on any atom is 2.00 e. The van der Waals surface area contributed by atoms with E-state index in [1.54, 1.807) is 13.8 Å². The third-order valence-corrected chi connectivity index (χ3v) is 7.52. The van der Waals surface area contributed by atoms with Crippen molar-refractivity contribution in [2.24, 2.45) is 0 Å².